The zero-order valence-electron chi connectivity index (χ0n) is 8.59. The van der Waals surface area contributed by atoms with Crippen molar-refractivity contribution in [2.24, 2.45) is 7.05 Å². The Labute approximate surface area is 135 Å². The minimum Gasteiger partial charge on any atom is -1.00 e. The molecule has 6 heteroatoms. The second kappa shape index (κ2) is 14.3. The molecule has 0 saturated carbocycles. The average Bonchev–Trinajstić information content (AvgIpc) is 2.31. The topological polar surface area (TPSA) is 8.81 Å². The summed E-state index contributed by atoms with van der Waals surface area (Å²) in [5.74, 6) is 0. The van der Waals surface area contributed by atoms with Gasteiger partial charge in [0.2, 0.25) is 6.33 Å². The van der Waals surface area contributed by atoms with Gasteiger partial charge in [-0.25, -0.2) is 9.13 Å². The fourth-order valence-electron chi connectivity index (χ4n) is 0.975. The van der Waals surface area contributed by atoms with Gasteiger partial charge in [-0.3, -0.25) is 0 Å². The first-order chi connectivity index (χ1) is 4.83. The van der Waals surface area contributed by atoms with Crippen LogP contribution in [0.5, 0.6) is 0 Å². The fourth-order valence-corrected chi connectivity index (χ4v) is 0.975. The third-order valence-electron chi connectivity index (χ3n) is 1.59. The number of aryl methyl sites for hydroxylation is 2. The molecule has 2 nitrogen and oxygen atoms in total. The number of hydrogen-bond acceptors (Lipinski definition) is 0. The monoisotopic (exact) mass is 284 g/mol. The quantitative estimate of drug-likeness (QED) is 0.385. The van der Waals surface area contributed by atoms with Crippen LogP contribution in [0.25, 0.3) is 0 Å². The molecule has 0 N–H and O–H groups in total. The van der Waals surface area contributed by atoms with Crippen LogP contribution in [-0.4, -0.2) is 42.3 Å². The molecule has 0 aromatic carbocycles. The summed E-state index contributed by atoms with van der Waals surface area (Å²) in [6.07, 6.45) is 8.82. The summed E-state index contributed by atoms with van der Waals surface area (Å²) in [6.45, 7) is 3.36. The third kappa shape index (κ3) is 9.88. The normalized spacial score (nSPS) is 7.29. The van der Waals surface area contributed by atoms with Gasteiger partial charge in [-0.15, -0.1) is 0 Å². The number of halogens is 3. The van der Waals surface area contributed by atoms with E-state index in [-0.39, 0.29) is 75.0 Å². The molecule has 0 aliphatic carbocycles. The Morgan fingerprint density at radius 1 is 1.21 bits per heavy atom. The van der Waals surface area contributed by atoms with E-state index in [4.69, 9.17) is 0 Å². The van der Waals surface area contributed by atoms with Crippen molar-refractivity contribution in [2.75, 3.05) is 0 Å². The minimum atomic E-state index is 0. The zero-order chi connectivity index (χ0) is 7.40. The van der Waals surface area contributed by atoms with E-state index >= 15 is 0 Å². The standard InChI is InChI=1S/C8H15N2.Ca.3ClH/c1-3-4-5-10-7-6-9(2)8-10;;;;/h6-8H,3-5H2,1-2H3;;3*1H/q+1;+2;;;/p-3. The third-order valence-corrected chi connectivity index (χ3v) is 1.59. The first kappa shape index (κ1) is 24.5. The number of unbranched alkanes of at least 4 members (excludes halogenated alkanes) is 1. The molecule has 1 rings (SSSR count). The molecule has 0 radical (unpaired) electrons. The van der Waals surface area contributed by atoms with Gasteiger partial charge in [-0.2, -0.15) is 0 Å². The predicted molar refractivity (Wildman–Crippen MR) is 46.3 cm³/mol. The maximum absolute atomic E-state index is 2.21. The van der Waals surface area contributed by atoms with E-state index in [2.05, 4.69) is 34.8 Å². The van der Waals surface area contributed by atoms with Crippen molar-refractivity contribution >= 4 is 37.7 Å². The van der Waals surface area contributed by atoms with Crippen LogP contribution >= 0.6 is 0 Å². The van der Waals surface area contributed by atoms with Gasteiger partial charge in [0.05, 0.1) is 13.6 Å². The molecule has 0 spiro atoms. The van der Waals surface area contributed by atoms with E-state index in [0.717, 1.165) is 6.54 Å². The van der Waals surface area contributed by atoms with Gasteiger partial charge < -0.3 is 37.2 Å². The van der Waals surface area contributed by atoms with E-state index in [1.165, 1.54) is 12.8 Å². The van der Waals surface area contributed by atoms with Crippen LogP contribution in [0, 0.1) is 0 Å². The van der Waals surface area contributed by atoms with Crippen LogP contribution in [0.1, 0.15) is 19.8 Å². The maximum atomic E-state index is 2.21. The molecule has 0 bridgehead atoms. The van der Waals surface area contributed by atoms with Crippen LogP contribution in [0.4, 0.5) is 0 Å². The number of hydrogen-bond donors (Lipinski definition) is 0. The number of nitrogens with zero attached hydrogens (tertiary/aromatic N) is 2. The van der Waals surface area contributed by atoms with Gasteiger partial charge in [0.15, 0.2) is 0 Å². The Balaban J connectivity index is -0.000000125. The molecule has 1 aromatic heterocycles. The van der Waals surface area contributed by atoms with Gasteiger partial charge in [0.1, 0.15) is 12.4 Å². The summed E-state index contributed by atoms with van der Waals surface area (Å²) in [6, 6.07) is 0. The summed E-state index contributed by atoms with van der Waals surface area (Å²) >= 11 is 0. The summed E-state index contributed by atoms with van der Waals surface area (Å²) in [5, 5.41) is 0. The molecule has 0 fully saturated rings. The first-order valence-electron chi connectivity index (χ1n) is 3.84. The Hall–Kier alpha value is 1.34. The molecular formula is C8H15CaCl3N2. The molecule has 0 unspecified atom stereocenters. The van der Waals surface area contributed by atoms with Gasteiger partial charge in [-0.1, -0.05) is 13.3 Å². The molecule has 0 atom stereocenters. The molecule has 0 amide bonds. The fraction of sp³-hybridized carbons (Fsp3) is 0.625. The zero-order valence-corrected chi connectivity index (χ0v) is 13.1. The first-order valence-corrected chi connectivity index (χ1v) is 3.84. The van der Waals surface area contributed by atoms with Crippen LogP contribution < -0.4 is 41.8 Å². The van der Waals surface area contributed by atoms with Crippen molar-refractivity contribution < 1.29 is 41.8 Å². The Kier molecular flexibility index (Phi) is 25.1. The summed E-state index contributed by atoms with van der Waals surface area (Å²) in [7, 11) is 2.04. The van der Waals surface area contributed by atoms with Crippen LogP contribution in [0.3, 0.4) is 0 Å². The predicted octanol–water partition coefficient (Wildman–Crippen LogP) is -8.26. The average molecular weight is 286 g/mol. The van der Waals surface area contributed by atoms with Crippen molar-refractivity contribution in [1.29, 1.82) is 0 Å². The van der Waals surface area contributed by atoms with Crippen molar-refractivity contribution in [3.8, 4) is 0 Å². The minimum absolute atomic E-state index is 0. The maximum Gasteiger partial charge on any atom is 2.00 e. The molecule has 0 aliphatic rings. The van der Waals surface area contributed by atoms with Gasteiger partial charge >= 0.3 is 37.7 Å². The number of rotatable bonds is 3. The molecule has 0 saturated heterocycles. The van der Waals surface area contributed by atoms with Crippen LogP contribution in [0.2, 0.25) is 0 Å². The number of imidazole rings is 1. The van der Waals surface area contributed by atoms with Gasteiger partial charge in [0.25, 0.3) is 0 Å². The summed E-state index contributed by atoms with van der Waals surface area (Å²) < 4.78 is 4.28. The smallest absolute Gasteiger partial charge is 1.00 e. The van der Waals surface area contributed by atoms with Crippen molar-refractivity contribution in [2.45, 2.75) is 26.3 Å². The SMILES string of the molecule is CCCCn1cc[n+](C)c1.[Ca+2].[Cl-].[Cl-].[Cl-]. The second-order valence-corrected chi connectivity index (χ2v) is 2.67. The van der Waals surface area contributed by atoms with Crippen molar-refractivity contribution in [1.82, 2.24) is 4.57 Å². The second-order valence-electron chi connectivity index (χ2n) is 2.67. The summed E-state index contributed by atoms with van der Waals surface area (Å²) in [4.78, 5) is 0. The van der Waals surface area contributed by atoms with E-state index in [1.807, 2.05) is 7.05 Å². The van der Waals surface area contributed by atoms with Crippen molar-refractivity contribution in [3.05, 3.63) is 18.7 Å². The molecule has 1 aromatic rings. The van der Waals surface area contributed by atoms with Gasteiger partial charge in [-0.05, 0) is 6.42 Å². The molecule has 0 aliphatic heterocycles. The Morgan fingerprint density at radius 2 is 1.79 bits per heavy atom. The van der Waals surface area contributed by atoms with E-state index < -0.39 is 0 Å². The molecule has 14 heavy (non-hydrogen) atoms. The van der Waals surface area contributed by atoms with Crippen molar-refractivity contribution in [3.63, 3.8) is 0 Å². The number of aromatic nitrogens is 2. The Morgan fingerprint density at radius 3 is 2.14 bits per heavy atom. The summed E-state index contributed by atoms with van der Waals surface area (Å²) in [5.41, 5.74) is 0. The van der Waals surface area contributed by atoms with Gasteiger partial charge in [0, 0.05) is 0 Å². The largest absolute Gasteiger partial charge is 2.00 e. The van der Waals surface area contributed by atoms with E-state index in [9.17, 15) is 0 Å². The molecular weight excluding hydrogens is 271 g/mol. The Bertz CT molecular complexity index is 206. The molecule has 80 valence electrons. The van der Waals surface area contributed by atoms with Crippen LogP contribution in [0.15, 0.2) is 18.7 Å². The van der Waals surface area contributed by atoms with Crippen LogP contribution in [-0.2, 0) is 13.6 Å². The molecule has 1 heterocycles. The van der Waals surface area contributed by atoms with E-state index in [1.54, 1.807) is 0 Å². The van der Waals surface area contributed by atoms with E-state index in [0.29, 0.717) is 0 Å².